The minimum atomic E-state index is -0.330. The van der Waals surface area contributed by atoms with Gasteiger partial charge >= 0.3 is 0 Å². The summed E-state index contributed by atoms with van der Waals surface area (Å²) >= 11 is 5.77. The van der Waals surface area contributed by atoms with Crippen molar-refractivity contribution in [2.24, 2.45) is 11.5 Å². The van der Waals surface area contributed by atoms with Crippen LogP contribution >= 0.6 is 11.6 Å². The van der Waals surface area contributed by atoms with E-state index in [0.29, 0.717) is 12.1 Å². The minimum Gasteiger partial charge on any atom is -0.329 e. The van der Waals surface area contributed by atoms with Crippen LogP contribution in [0.25, 0.3) is 0 Å². The van der Waals surface area contributed by atoms with E-state index in [9.17, 15) is 4.39 Å². The standard InChI is InChI=1S/C12H18ClFN2/c1-8-5-9(6-11(13)12(8)14)3-2-4-10(16)7-15/h5-6,10H,2-4,7,15-16H2,1H3/t10-/m1/s1. The summed E-state index contributed by atoms with van der Waals surface area (Å²) in [4.78, 5) is 0. The molecule has 0 saturated carbocycles. The predicted molar refractivity (Wildman–Crippen MR) is 66.1 cm³/mol. The summed E-state index contributed by atoms with van der Waals surface area (Å²) in [5.41, 5.74) is 12.8. The van der Waals surface area contributed by atoms with Gasteiger partial charge in [0.25, 0.3) is 0 Å². The van der Waals surface area contributed by atoms with Gasteiger partial charge in [0, 0.05) is 12.6 Å². The smallest absolute Gasteiger partial charge is 0.144 e. The van der Waals surface area contributed by atoms with Gasteiger partial charge in [-0.15, -0.1) is 0 Å². The summed E-state index contributed by atoms with van der Waals surface area (Å²) in [6.45, 7) is 2.22. The monoisotopic (exact) mass is 244 g/mol. The molecule has 0 aromatic heterocycles. The molecule has 90 valence electrons. The third-order valence-corrected chi connectivity index (χ3v) is 2.89. The van der Waals surface area contributed by atoms with E-state index in [1.807, 2.05) is 6.07 Å². The first kappa shape index (κ1) is 13.4. The molecule has 0 amide bonds. The molecule has 0 bridgehead atoms. The molecule has 0 aliphatic heterocycles. The van der Waals surface area contributed by atoms with Gasteiger partial charge in [-0.2, -0.15) is 0 Å². The van der Waals surface area contributed by atoms with Crippen molar-refractivity contribution in [3.05, 3.63) is 34.1 Å². The van der Waals surface area contributed by atoms with Crippen molar-refractivity contribution in [2.45, 2.75) is 32.2 Å². The van der Waals surface area contributed by atoms with Crippen LogP contribution in [0, 0.1) is 12.7 Å². The fraction of sp³-hybridized carbons (Fsp3) is 0.500. The van der Waals surface area contributed by atoms with Crippen LogP contribution in [-0.2, 0) is 6.42 Å². The van der Waals surface area contributed by atoms with Crippen LogP contribution in [0.4, 0.5) is 4.39 Å². The normalized spacial score (nSPS) is 12.8. The Labute approximate surface area is 101 Å². The number of nitrogens with two attached hydrogens (primary N) is 2. The zero-order chi connectivity index (χ0) is 12.1. The van der Waals surface area contributed by atoms with Crippen LogP contribution in [0.1, 0.15) is 24.0 Å². The van der Waals surface area contributed by atoms with Crippen LogP contribution in [0.15, 0.2) is 12.1 Å². The van der Waals surface area contributed by atoms with E-state index in [-0.39, 0.29) is 16.9 Å². The highest BCUT2D eigenvalue weighted by Gasteiger charge is 2.06. The van der Waals surface area contributed by atoms with Crippen molar-refractivity contribution in [3.8, 4) is 0 Å². The van der Waals surface area contributed by atoms with Gasteiger partial charge in [0.1, 0.15) is 5.82 Å². The van der Waals surface area contributed by atoms with Gasteiger partial charge in [0.2, 0.25) is 0 Å². The zero-order valence-corrected chi connectivity index (χ0v) is 10.2. The molecule has 0 aliphatic rings. The molecule has 16 heavy (non-hydrogen) atoms. The Morgan fingerprint density at radius 1 is 1.44 bits per heavy atom. The average Bonchev–Trinajstić information content (AvgIpc) is 2.25. The number of hydrogen-bond donors (Lipinski definition) is 2. The number of aryl methyl sites for hydroxylation is 2. The van der Waals surface area contributed by atoms with Gasteiger partial charge in [0.05, 0.1) is 5.02 Å². The first-order chi connectivity index (χ1) is 7.54. The second kappa shape index (κ2) is 6.18. The van der Waals surface area contributed by atoms with E-state index in [2.05, 4.69) is 0 Å². The van der Waals surface area contributed by atoms with Crippen LogP contribution in [0.5, 0.6) is 0 Å². The van der Waals surface area contributed by atoms with E-state index in [0.717, 1.165) is 24.8 Å². The minimum absolute atomic E-state index is 0.0528. The lowest BCUT2D eigenvalue weighted by Gasteiger charge is -2.09. The highest BCUT2D eigenvalue weighted by atomic mass is 35.5. The molecule has 2 nitrogen and oxygen atoms in total. The molecular formula is C12H18ClFN2. The summed E-state index contributed by atoms with van der Waals surface area (Å²) in [6.07, 6.45) is 2.68. The van der Waals surface area contributed by atoms with Crippen LogP contribution in [0.2, 0.25) is 5.02 Å². The summed E-state index contributed by atoms with van der Waals surface area (Å²) < 4.78 is 13.2. The van der Waals surface area contributed by atoms with Gasteiger partial charge in [-0.05, 0) is 43.4 Å². The van der Waals surface area contributed by atoms with E-state index in [1.165, 1.54) is 0 Å². The summed E-state index contributed by atoms with van der Waals surface area (Å²) in [7, 11) is 0. The molecule has 1 aromatic rings. The third-order valence-electron chi connectivity index (χ3n) is 2.61. The van der Waals surface area contributed by atoms with Gasteiger partial charge in [0.15, 0.2) is 0 Å². The Kier molecular flexibility index (Phi) is 5.19. The lowest BCUT2D eigenvalue weighted by molar-refractivity contribution is 0.588. The number of halogens is 2. The summed E-state index contributed by atoms with van der Waals surface area (Å²) in [5.74, 6) is -0.330. The molecule has 1 rings (SSSR count). The van der Waals surface area contributed by atoms with E-state index < -0.39 is 0 Å². The molecule has 4 heteroatoms. The fourth-order valence-electron chi connectivity index (χ4n) is 1.63. The molecule has 0 unspecified atom stereocenters. The quantitative estimate of drug-likeness (QED) is 0.836. The van der Waals surface area contributed by atoms with Crippen LogP contribution < -0.4 is 11.5 Å². The Morgan fingerprint density at radius 3 is 2.69 bits per heavy atom. The topological polar surface area (TPSA) is 52.0 Å². The molecule has 0 heterocycles. The Hall–Kier alpha value is -0.640. The highest BCUT2D eigenvalue weighted by Crippen LogP contribution is 2.21. The third kappa shape index (κ3) is 3.74. The van der Waals surface area contributed by atoms with E-state index >= 15 is 0 Å². The van der Waals surface area contributed by atoms with Gasteiger partial charge in [-0.25, -0.2) is 4.39 Å². The average molecular weight is 245 g/mol. The van der Waals surface area contributed by atoms with Crippen molar-refractivity contribution < 1.29 is 4.39 Å². The van der Waals surface area contributed by atoms with E-state index in [4.69, 9.17) is 23.1 Å². The molecule has 0 radical (unpaired) electrons. The number of benzene rings is 1. The zero-order valence-electron chi connectivity index (χ0n) is 9.47. The fourth-order valence-corrected chi connectivity index (χ4v) is 1.92. The summed E-state index contributed by atoms with van der Waals surface area (Å²) in [5, 5.41) is 0.193. The van der Waals surface area contributed by atoms with Crippen molar-refractivity contribution in [1.82, 2.24) is 0 Å². The molecule has 0 fully saturated rings. The molecule has 0 aliphatic carbocycles. The SMILES string of the molecule is Cc1cc(CCC[C@@H](N)CN)cc(Cl)c1F. The number of rotatable bonds is 5. The lowest BCUT2D eigenvalue weighted by atomic mass is 10.0. The largest absolute Gasteiger partial charge is 0.329 e. The molecule has 0 spiro atoms. The summed E-state index contributed by atoms with van der Waals surface area (Å²) in [6, 6.07) is 3.56. The lowest BCUT2D eigenvalue weighted by Crippen LogP contribution is -2.29. The first-order valence-electron chi connectivity index (χ1n) is 5.44. The van der Waals surface area contributed by atoms with Gasteiger partial charge in [-0.1, -0.05) is 17.7 Å². The van der Waals surface area contributed by atoms with Gasteiger partial charge < -0.3 is 11.5 Å². The maximum atomic E-state index is 13.2. The van der Waals surface area contributed by atoms with Crippen molar-refractivity contribution in [1.29, 1.82) is 0 Å². The van der Waals surface area contributed by atoms with Crippen LogP contribution in [-0.4, -0.2) is 12.6 Å². The van der Waals surface area contributed by atoms with Crippen molar-refractivity contribution >= 4 is 11.6 Å². The predicted octanol–water partition coefficient (Wildman–Crippen LogP) is 2.40. The Bertz CT molecular complexity index is 332. The Morgan fingerprint density at radius 2 is 2.12 bits per heavy atom. The molecular weight excluding hydrogens is 227 g/mol. The molecule has 1 atom stereocenters. The molecule has 4 N–H and O–H groups in total. The maximum Gasteiger partial charge on any atom is 0.144 e. The first-order valence-corrected chi connectivity index (χ1v) is 5.82. The second-order valence-electron chi connectivity index (χ2n) is 4.10. The number of hydrogen-bond acceptors (Lipinski definition) is 2. The highest BCUT2D eigenvalue weighted by molar-refractivity contribution is 6.30. The molecule has 0 saturated heterocycles. The second-order valence-corrected chi connectivity index (χ2v) is 4.50. The van der Waals surface area contributed by atoms with Crippen molar-refractivity contribution in [3.63, 3.8) is 0 Å². The van der Waals surface area contributed by atoms with E-state index in [1.54, 1.807) is 13.0 Å². The van der Waals surface area contributed by atoms with Crippen LogP contribution in [0.3, 0.4) is 0 Å². The Balaban J connectivity index is 2.55. The maximum absolute atomic E-state index is 13.2. The van der Waals surface area contributed by atoms with Crippen molar-refractivity contribution in [2.75, 3.05) is 6.54 Å². The van der Waals surface area contributed by atoms with Gasteiger partial charge in [-0.3, -0.25) is 0 Å². The molecule has 1 aromatic carbocycles.